The van der Waals surface area contributed by atoms with E-state index < -0.39 is 0 Å². The third kappa shape index (κ3) is 4.31. The number of rotatable bonds is 6. The zero-order chi connectivity index (χ0) is 21.5. The van der Waals surface area contributed by atoms with E-state index in [4.69, 9.17) is 0 Å². The number of benzene rings is 4. The van der Waals surface area contributed by atoms with Gasteiger partial charge in [-0.1, -0.05) is 84.9 Å². The highest BCUT2D eigenvalue weighted by Crippen LogP contribution is 2.36. The van der Waals surface area contributed by atoms with E-state index in [1.165, 1.54) is 0 Å². The lowest BCUT2D eigenvalue weighted by molar-refractivity contribution is 0.564. The van der Waals surface area contributed by atoms with E-state index in [0.29, 0.717) is 17.8 Å². The molecular weight excluding hydrogens is 384 g/mol. The first-order chi connectivity index (χ1) is 15.3. The van der Waals surface area contributed by atoms with Gasteiger partial charge >= 0.3 is 0 Å². The predicted molar refractivity (Wildman–Crippen MR) is 122 cm³/mol. The number of hydrogen-bond acceptors (Lipinski definition) is 4. The van der Waals surface area contributed by atoms with Gasteiger partial charge in [-0.15, -0.1) is 0 Å². The van der Waals surface area contributed by atoms with Gasteiger partial charge in [0.2, 0.25) is 12.2 Å². The van der Waals surface area contributed by atoms with Crippen LogP contribution in [0.2, 0.25) is 0 Å². The highest BCUT2D eigenvalue weighted by atomic mass is 16.1. The van der Waals surface area contributed by atoms with Gasteiger partial charge in [0.25, 0.3) is 0 Å². The SMILES string of the molecule is O=C=Nc1ccccc1-c1ccccc1Cc1ccccc1-c1ccccc1N=C=O. The molecule has 4 nitrogen and oxygen atoms in total. The van der Waals surface area contributed by atoms with Gasteiger partial charge in [0.15, 0.2) is 0 Å². The lowest BCUT2D eigenvalue weighted by Crippen LogP contribution is -1.95. The Balaban J connectivity index is 1.83. The molecule has 0 amide bonds. The van der Waals surface area contributed by atoms with E-state index in [9.17, 15) is 9.59 Å². The van der Waals surface area contributed by atoms with E-state index in [1.807, 2.05) is 72.8 Å². The maximum atomic E-state index is 10.9. The first-order valence-corrected chi connectivity index (χ1v) is 9.82. The second kappa shape index (κ2) is 9.43. The molecule has 148 valence electrons. The lowest BCUT2D eigenvalue weighted by atomic mass is 9.90. The number of aliphatic imine (C=N–C) groups is 2. The molecule has 0 atom stereocenters. The maximum absolute atomic E-state index is 10.9. The molecule has 0 bridgehead atoms. The molecule has 31 heavy (non-hydrogen) atoms. The number of hydrogen-bond donors (Lipinski definition) is 0. The Morgan fingerprint density at radius 1 is 0.484 bits per heavy atom. The third-order valence-corrected chi connectivity index (χ3v) is 5.14. The van der Waals surface area contributed by atoms with Gasteiger partial charge in [-0.2, -0.15) is 9.98 Å². The van der Waals surface area contributed by atoms with Crippen LogP contribution in [0.1, 0.15) is 11.1 Å². The van der Waals surface area contributed by atoms with Crippen molar-refractivity contribution in [3.8, 4) is 22.3 Å². The summed E-state index contributed by atoms with van der Waals surface area (Å²) < 4.78 is 0. The van der Waals surface area contributed by atoms with Crippen LogP contribution in [0.4, 0.5) is 11.4 Å². The topological polar surface area (TPSA) is 58.9 Å². The molecule has 0 aromatic heterocycles. The van der Waals surface area contributed by atoms with Gasteiger partial charge in [0.05, 0.1) is 11.4 Å². The normalized spacial score (nSPS) is 10.1. The number of para-hydroxylation sites is 2. The molecule has 4 heteroatoms. The van der Waals surface area contributed by atoms with Crippen molar-refractivity contribution in [3.63, 3.8) is 0 Å². The van der Waals surface area contributed by atoms with Crippen LogP contribution in [-0.4, -0.2) is 12.2 Å². The van der Waals surface area contributed by atoms with Crippen molar-refractivity contribution < 1.29 is 9.59 Å². The molecule has 0 N–H and O–H groups in total. The van der Waals surface area contributed by atoms with Crippen molar-refractivity contribution in [1.82, 2.24) is 0 Å². The Morgan fingerprint density at radius 3 is 1.26 bits per heavy atom. The van der Waals surface area contributed by atoms with Gasteiger partial charge in [-0.3, -0.25) is 0 Å². The van der Waals surface area contributed by atoms with Crippen LogP contribution in [0.15, 0.2) is 107 Å². The standard InChI is InChI=1S/C27H18N2O2/c30-18-28-26-15-7-5-13-24(26)22-11-3-1-9-20(22)17-21-10-2-4-12-23(21)25-14-6-8-16-27(25)29-19-31/h1-16H,17H2. The summed E-state index contributed by atoms with van der Waals surface area (Å²) in [7, 11) is 0. The molecule has 0 saturated heterocycles. The highest BCUT2D eigenvalue weighted by Gasteiger charge is 2.13. The number of nitrogens with zero attached hydrogens (tertiary/aromatic N) is 2. The van der Waals surface area contributed by atoms with E-state index >= 15 is 0 Å². The summed E-state index contributed by atoms with van der Waals surface area (Å²) in [6, 6.07) is 31.2. The van der Waals surface area contributed by atoms with Gasteiger partial charge in [-0.05, 0) is 40.8 Å². The van der Waals surface area contributed by atoms with Crippen LogP contribution in [0, 0.1) is 0 Å². The summed E-state index contributed by atoms with van der Waals surface area (Å²) in [4.78, 5) is 29.5. The minimum atomic E-state index is 0.587. The minimum Gasteiger partial charge on any atom is -0.211 e. The molecule has 0 aliphatic rings. The molecule has 4 aromatic carbocycles. The van der Waals surface area contributed by atoms with Crippen LogP contribution in [-0.2, 0) is 16.0 Å². The Morgan fingerprint density at radius 2 is 0.839 bits per heavy atom. The van der Waals surface area contributed by atoms with Crippen molar-refractivity contribution in [1.29, 1.82) is 0 Å². The largest absolute Gasteiger partial charge is 0.240 e. The molecule has 0 aliphatic heterocycles. The van der Waals surface area contributed by atoms with Crippen molar-refractivity contribution >= 4 is 23.5 Å². The second-order valence-electron chi connectivity index (χ2n) is 6.93. The predicted octanol–water partition coefficient (Wildman–Crippen LogP) is 6.55. The van der Waals surface area contributed by atoms with Crippen LogP contribution in [0.3, 0.4) is 0 Å². The van der Waals surface area contributed by atoms with Gasteiger partial charge in [-0.25, -0.2) is 9.59 Å². The minimum absolute atomic E-state index is 0.587. The van der Waals surface area contributed by atoms with Crippen LogP contribution >= 0.6 is 0 Å². The first kappa shape index (κ1) is 19.9. The molecule has 0 spiro atoms. The van der Waals surface area contributed by atoms with Crippen molar-refractivity contribution in [2.45, 2.75) is 6.42 Å². The number of carbonyl (C=O) groups excluding carboxylic acids is 2. The summed E-state index contributed by atoms with van der Waals surface area (Å²) in [5.74, 6) is 0. The molecule has 0 aliphatic carbocycles. The average molecular weight is 402 g/mol. The van der Waals surface area contributed by atoms with Crippen molar-refractivity contribution in [2.75, 3.05) is 0 Å². The van der Waals surface area contributed by atoms with Gasteiger partial charge in [0.1, 0.15) is 0 Å². The summed E-state index contributed by atoms with van der Waals surface area (Å²) in [6.07, 6.45) is 3.95. The van der Waals surface area contributed by atoms with E-state index in [1.54, 1.807) is 24.3 Å². The highest BCUT2D eigenvalue weighted by molar-refractivity contribution is 5.82. The monoisotopic (exact) mass is 402 g/mol. The fourth-order valence-electron chi connectivity index (χ4n) is 3.78. The van der Waals surface area contributed by atoms with Crippen molar-refractivity contribution in [3.05, 3.63) is 108 Å². The number of isocyanates is 2. The quantitative estimate of drug-likeness (QED) is 0.271. The summed E-state index contributed by atoms with van der Waals surface area (Å²) >= 11 is 0. The smallest absolute Gasteiger partial charge is 0.211 e. The van der Waals surface area contributed by atoms with E-state index in [-0.39, 0.29) is 0 Å². The Bertz CT molecular complexity index is 1230. The van der Waals surface area contributed by atoms with E-state index in [2.05, 4.69) is 22.1 Å². The van der Waals surface area contributed by atoms with Crippen LogP contribution < -0.4 is 0 Å². The molecular formula is C27H18N2O2. The molecule has 0 unspecified atom stereocenters. The lowest BCUT2D eigenvalue weighted by Gasteiger charge is -2.15. The Kier molecular flexibility index (Phi) is 6.06. The molecule has 0 heterocycles. The molecule has 0 radical (unpaired) electrons. The zero-order valence-electron chi connectivity index (χ0n) is 16.7. The Labute approximate surface area is 180 Å². The Hall–Kier alpha value is -4.36. The second-order valence-corrected chi connectivity index (χ2v) is 6.93. The average Bonchev–Trinajstić information content (AvgIpc) is 2.81. The molecule has 0 fully saturated rings. The molecule has 4 rings (SSSR count). The van der Waals surface area contributed by atoms with Gasteiger partial charge in [0, 0.05) is 11.1 Å². The fraction of sp³-hybridized carbons (Fsp3) is 0.0370. The maximum Gasteiger partial charge on any atom is 0.240 e. The van der Waals surface area contributed by atoms with Gasteiger partial charge < -0.3 is 0 Å². The van der Waals surface area contributed by atoms with E-state index in [0.717, 1.165) is 33.4 Å². The zero-order valence-corrected chi connectivity index (χ0v) is 16.7. The first-order valence-electron chi connectivity index (χ1n) is 9.82. The fourth-order valence-corrected chi connectivity index (χ4v) is 3.78. The summed E-state index contributed by atoms with van der Waals surface area (Å²) in [5.41, 5.74) is 7.14. The van der Waals surface area contributed by atoms with Crippen molar-refractivity contribution in [2.24, 2.45) is 9.98 Å². The van der Waals surface area contributed by atoms with Crippen LogP contribution in [0.5, 0.6) is 0 Å². The molecule has 0 saturated carbocycles. The van der Waals surface area contributed by atoms with Crippen LogP contribution in [0.25, 0.3) is 22.3 Å². The third-order valence-electron chi connectivity index (χ3n) is 5.14. The molecule has 4 aromatic rings. The summed E-state index contributed by atoms with van der Waals surface area (Å²) in [5, 5.41) is 0. The summed E-state index contributed by atoms with van der Waals surface area (Å²) in [6.45, 7) is 0.